The number of hydrogen-bond donors (Lipinski definition) is 2. The van der Waals surface area contributed by atoms with Gasteiger partial charge in [0.25, 0.3) is 0 Å². The van der Waals surface area contributed by atoms with Crippen LogP contribution in [0, 0.1) is 23.7 Å². The number of nitrogens with zero attached hydrogens (tertiary/aromatic N) is 1. The molecule has 1 fully saturated rings. The Hall–Kier alpha value is -3.30. The third-order valence-corrected chi connectivity index (χ3v) is 8.28. The van der Waals surface area contributed by atoms with Crippen LogP contribution in [0.4, 0.5) is 0 Å². The van der Waals surface area contributed by atoms with Crippen molar-refractivity contribution >= 4 is 23.4 Å². The minimum absolute atomic E-state index is 0.00192. The van der Waals surface area contributed by atoms with Gasteiger partial charge in [-0.3, -0.25) is 14.4 Å². The number of hydrogen-bond acceptors (Lipinski definition) is 9. The van der Waals surface area contributed by atoms with Crippen LogP contribution in [0.3, 0.4) is 0 Å². The molecular weight excluding hydrogens is 538 g/mol. The number of aliphatic hydroxyl groups excluding tert-OH is 2. The van der Waals surface area contributed by atoms with Gasteiger partial charge in [0.1, 0.15) is 19.3 Å². The zero-order valence-electron chi connectivity index (χ0n) is 24.9. The Morgan fingerprint density at radius 3 is 2.62 bits per heavy atom. The Morgan fingerprint density at radius 1 is 1.19 bits per heavy atom. The van der Waals surface area contributed by atoms with Gasteiger partial charge in [-0.25, -0.2) is 0 Å². The molecule has 3 rings (SSSR count). The van der Waals surface area contributed by atoms with E-state index in [9.17, 15) is 24.6 Å². The lowest BCUT2D eigenvalue weighted by molar-refractivity contribution is -0.158. The number of allylic oxidation sites excluding steroid dienone is 1. The average Bonchev–Trinajstić information content (AvgIpc) is 2.97. The van der Waals surface area contributed by atoms with Crippen molar-refractivity contribution in [3.05, 3.63) is 60.2 Å². The lowest BCUT2D eigenvalue weighted by Gasteiger charge is -2.43. The summed E-state index contributed by atoms with van der Waals surface area (Å²) in [6.45, 7) is 9.47. The molecule has 0 spiro atoms. The van der Waals surface area contributed by atoms with Crippen molar-refractivity contribution in [1.29, 1.82) is 0 Å². The normalized spacial score (nSPS) is 25.0. The van der Waals surface area contributed by atoms with Crippen molar-refractivity contribution in [2.45, 2.75) is 90.6 Å². The maximum absolute atomic E-state index is 13.2. The summed E-state index contributed by atoms with van der Waals surface area (Å²) in [5.74, 6) is -2.00. The van der Waals surface area contributed by atoms with Crippen molar-refractivity contribution in [3.8, 4) is 0 Å². The molecule has 0 bridgehead atoms. The van der Waals surface area contributed by atoms with Crippen LogP contribution >= 0.6 is 0 Å². The van der Waals surface area contributed by atoms with Crippen LogP contribution in [0.5, 0.6) is 0 Å². The van der Waals surface area contributed by atoms with Crippen LogP contribution in [0.25, 0.3) is 0 Å². The van der Waals surface area contributed by atoms with Crippen molar-refractivity contribution in [1.82, 2.24) is 0 Å². The van der Waals surface area contributed by atoms with Gasteiger partial charge in [-0.1, -0.05) is 68.9 Å². The zero-order valence-corrected chi connectivity index (χ0v) is 24.9. The molecule has 2 aliphatic rings. The fourth-order valence-corrected chi connectivity index (χ4v) is 5.64. The van der Waals surface area contributed by atoms with Gasteiger partial charge < -0.3 is 24.5 Å². The van der Waals surface area contributed by atoms with Crippen LogP contribution in [0.2, 0.25) is 0 Å². The fourth-order valence-electron chi connectivity index (χ4n) is 5.64. The van der Waals surface area contributed by atoms with E-state index >= 15 is 0 Å². The number of benzene rings is 1. The molecule has 2 N–H and O–H groups in total. The lowest BCUT2D eigenvalue weighted by atomic mass is 9.63. The first-order valence-corrected chi connectivity index (χ1v) is 15.0. The maximum atomic E-state index is 13.2. The topological polar surface area (TPSA) is 132 Å². The molecular formula is C33H45NO8. The number of carbonyl (C=O) groups is 3. The Morgan fingerprint density at radius 2 is 1.93 bits per heavy atom. The average molecular weight is 584 g/mol. The molecule has 0 heterocycles. The smallest absolute Gasteiger partial charge is 0.308 e. The summed E-state index contributed by atoms with van der Waals surface area (Å²) < 4.78 is 11.0. The first kappa shape index (κ1) is 33.2. The monoisotopic (exact) mass is 583 g/mol. The van der Waals surface area contributed by atoms with Crippen molar-refractivity contribution in [3.63, 3.8) is 0 Å². The Bertz CT molecular complexity index is 1130. The molecule has 7 atom stereocenters. The van der Waals surface area contributed by atoms with Crippen molar-refractivity contribution < 1.29 is 38.9 Å². The van der Waals surface area contributed by atoms with Gasteiger partial charge in [0.15, 0.2) is 5.78 Å². The largest absolute Gasteiger partial charge is 0.461 e. The summed E-state index contributed by atoms with van der Waals surface area (Å²) in [6, 6.07) is 9.67. The van der Waals surface area contributed by atoms with Crippen molar-refractivity contribution in [2.75, 3.05) is 6.61 Å². The van der Waals surface area contributed by atoms with Gasteiger partial charge in [0, 0.05) is 11.8 Å². The minimum Gasteiger partial charge on any atom is -0.461 e. The summed E-state index contributed by atoms with van der Waals surface area (Å²) >= 11 is 0. The van der Waals surface area contributed by atoms with Gasteiger partial charge in [-0.2, -0.15) is 0 Å². The van der Waals surface area contributed by atoms with E-state index in [4.69, 9.17) is 14.3 Å². The third kappa shape index (κ3) is 9.36. The highest BCUT2D eigenvalue weighted by molar-refractivity contribution is 6.08. The molecule has 1 aromatic rings. The van der Waals surface area contributed by atoms with Gasteiger partial charge in [0.05, 0.1) is 30.3 Å². The van der Waals surface area contributed by atoms with E-state index in [0.29, 0.717) is 37.8 Å². The van der Waals surface area contributed by atoms with Gasteiger partial charge >= 0.3 is 11.9 Å². The van der Waals surface area contributed by atoms with E-state index in [2.05, 4.69) is 11.7 Å². The van der Waals surface area contributed by atoms with E-state index in [1.807, 2.05) is 51.1 Å². The second-order valence-corrected chi connectivity index (χ2v) is 11.4. The first-order chi connectivity index (χ1) is 20.1. The molecule has 9 heteroatoms. The standard InChI is InChI=1S/C33H45NO8/c1-5-16-40-31(38)18-25(36)17-24(35)12-13-26-22(4)29(37)19-27-28(34-41-20-23-10-8-7-9-11-23)14-15-30(32(26)27)42-33(39)21(3)6-2/h5,7-11,19,21-22,24-26,30,32,35-36H,1,6,12-18,20H2,2-4H3/b34-28-. The minimum atomic E-state index is -1.06. The molecule has 1 aromatic carbocycles. The quantitative estimate of drug-likeness (QED) is 0.173. The first-order valence-electron chi connectivity index (χ1n) is 15.0. The molecule has 1 saturated carbocycles. The van der Waals surface area contributed by atoms with Crippen LogP contribution in [-0.4, -0.2) is 58.6 Å². The van der Waals surface area contributed by atoms with E-state index in [-0.39, 0.29) is 61.5 Å². The second-order valence-electron chi connectivity index (χ2n) is 11.4. The number of rotatable bonds is 15. The molecule has 9 nitrogen and oxygen atoms in total. The highest BCUT2D eigenvalue weighted by Crippen LogP contribution is 2.45. The molecule has 0 radical (unpaired) electrons. The van der Waals surface area contributed by atoms with Gasteiger partial charge in [-0.05, 0) is 61.7 Å². The molecule has 7 unspecified atom stereocenters. The number of aliphatic hydroxyl groups is 2. The Labute approximate surface area is 248 Å². The van der Waals surface area contributed by atoms with E-state index < -0.39 is 24.3 Å². The van der Waals surface area contributed by atoms with Crippen LogP contribution in [-0.2, 0) is 35.3 Å². The Kier molecular flexibility index (Phi) is 12.9. The molecule has 0 aromatic heterocycles. The fraction of sp³-hybridized carbons (Fsp3) is 0.576. The number of ether oxygens (including phenoxy) is 2. The highest BCUT2D eigenvalue weighted by atomic mass is 16.6. The third-order valence-electron chi connectivity index (χ3n) is 8.28. The van der Waals surface area contributed by atoms with Crippen LogP contribution in [0.15, 0.2) is 59.8 Å². The SMILES string of the molecule is C=CCOC(=O)CC(O)CC(O)CCC1C(C)C(=O)C=C2/C(=N\OCc3ccccc3)CCC(OC(=O)C(C)CC)C21. The second kappa shape index (κ2) is 16.4. The molecule has 42 heavy (non-hydrogen) atoms. The molecule has 230 valence electrons. The number of carbonyl (C=O) groups excluding carboxylic acids is 3. The van der Waals surface area contributed by atoms with Gasteiger partial charge in [0.2, 0.25) is 0 Å². The summed E-state index contributed by atoms with van der Waals surface area (Å²) in [6.07, 6.45) is 2.91. The maximum Gasteiger partial charge on any atom is 0.308 e. The summed E-state index contributed by atoms with van der Waals surface area (Å²) in [7, 11) is 0. The lowest BCUT2D eigenvalue weighted by Crippen LogP contribution is -2.46. The molecule has 2 aliphatic carbocycles. The molecule has 0 saturated heterocycles. The summed E-state index contributed by atoms with van der Waals surface area (Å²) in [5, 5.41) is 25.4. The summed E-state index contributed by atoms with van der Waals surface area (Å²) in [4.78, 5) is 43.5. The Balaban J connectivity index is 1.76. The number of esters is 2. The van der Waals surface area contributed by atoms with E-state index in [1.165, 1.54) is 6.08 Å². The highest BCUT2D eigenvalue weighted by Gasteiger charge is 2.46. The van der Waals surface area contributed by atoms with E-state index in [1.54, 1.807) is 6.08 Å². The number of fused-ring (bicyclic) bond motifs is 1. The van der Waals surface area contributed by atoms with E-state index in [0.717, 1.165) is 11.1 Å². The number of oxime groups is 1. The number of ketones is 1. The molecule has 0 amide bonds. The molecule has 0 aliphatic heterocycles. The predicted octanol–water partition coefficient (Wildman–Crippen LogP) is 4.70. The van der Waals surface area contributed by atoms with Crippen molar-refractivity contribution in [2.24, 2.45) is 28.8 Å². The van der Waals surface area contributed by atoms with Crippen LogP contribution < -0.4 is 0 Å². The summed E-state index contributed by atoms with van der Waals surface area (Å²) in [5.41, 5.74) is 2.37. The van der Waals surface area contributed by atoms with Crippen LogP contribution in [0.1, 0.15) is 71.3 Å². The zero-order chi connectivity index (χ0) is 30.6. The van der Waals surface area contributed by atoms with Gasteiger partial charge in [-0.15, -0.1) is 0 Å². The predicted molar refractivity (Wildman–Crippen MR) is 158 cm³/mol.